The van der Waals surface area contributed by atoms with E-state index in [1.54, 1.807) is 36.4 Å². The maximum absolute atomic E-state index is 11.3. The standard InChI is InChI=1S/C42H30O12/c43-19-10-22-35-32(14-19)53-42(18-3-6-27(48)30(51)9-18)39(35)24-12-21(45)15-33-36(24)38(41(54-33)17-2-5-26(47)29(50)8-17)23-11-20(44)13-31-34(23)37(22)40(52-31)16-1-4-25(46)28(49)7-16/h1-15,37-51H/t37-,38-,39+,40+,41+,42-/m1/s1. The largest absolute Gasteiger partial charge is 0.508 e. The molecule has 1 aliphatic carbocycles. The molecule has 6 aromatic carbocycles. The predicted octanol–water partition coefficient (Wildman–Crippen LogP) is 7.15. The highest BCUT2D eigenvalue weighted by Crippen LogP contribution is 2.66. The Kier molecular flexibility index (Phi) is 6.43. The van der Waals surface area contributed by atoms with Crippen LogP contribution in [0.4, 0.5) is 0 Å². The molecule has 6 atom stereocenters. The Bertz CT molecular complexity index is 2320. The summed E-state index contributed by atoms with van der Waals surface area (Å²) in [5, 5.41) is 96.6. The van der Waals surface area contributed by atoms with Crippen LogP contribution in [0.3, 0.4) is 0 Å². The topological polar surface area (TPSA) is 210 Å². The zero-order valence-corrected chi connectivity index (χ0v) is 27.9. The first-order valence-corrected chi connectivity index (χ1v) is 17.1. The molecule has 9 N–H and O–H groups in total. The van der Waals surface area contributed by atoms with Crippen LogP contribution in [0.15, 0.2) is 91.0 Å². The minimum absolute atomic E-state index is 0.127. The van der Waals surface area contributed by atoms with Crippen LogP contribution in [0.1, 0.15) is 86.1 Å². The number of phenols is 9. The molecule has 270 valence electrons. The van der Waals surface area contributed by atoms with Gasteiger partial charge < -0.3 is 60.2 Å². The maximum Gasteiger partial charge on any atom is 0.157 e. The third-order valence-electron chi connectivity index (χ3n) is 11.1. The van der Waals surface area contributed by atoms with Gasteiger partial charge in [-0.25, -0.2) is 0 Å². The number of ether oxygens (including phenoxy) is 3. The highest BCUT2D eigenvalue weighted by molar-refractivity contribution is 5.70. The summed E-state index contributed by atoms with van der Waals surface area (Å²) in [6.07, 6.45) is -2.66. The molecule has 0 radical (unpaired) electrons. The van der Waals surface area contributed by atoms with Crippen molar-refractivity contribution in [3.63, 3.8) is 0 Å². The van der Waals surface area contributed by atoms with Crippen LogP contribution < -0.4 is 14.2 Å². The third-order valence-corrected chi connectivity index (χ3v) is 11.1. The summed E-state index contributed by atoms with van der Waals surface area (Å²) in [6, 6.07) is 22.3. The van der Waals surface area contributed by atoms with Crippen LogP contribution in [0.2, 0.25) is 0 Å². The van der Waals surface area contributed by atoms with E-state index in [2.05, 4.69) is 0 Å². The Balaban J connectivity index is 1.33. The fourth-order valence-electron chi connectivity index (χ4n) is 8.92. The van der Waals surface area contributed by atoms with Gasteiger partial charge in [0, 0.05) is 34.9 Å². The van der Waals surface area contributed by atoms with Crippen molar-refractivity contribution in [1.29, 1.82) is 0 Å². The van der Waals surface area contributed by atoms with E-state index in [0.717, 1.165) is 0 Å². The second-order valence-electron chi connectivity index (χ2n) is 14.1. The smallest absolute Gasteiger partial charge is 0.157 e. The summed E-state index contributed by atoms with van der Waals surface area (Å²) in [7, 11) is 0. The zero-order valence-electron chi connectivity index (χ0n) is 27.9. The normalized spacial score (nSPS) is 22.4. The van der Waals surface area contributed by atoms with Gasteiger partial charge in [-0.1, -0.05) is 18.2 Å². The van der Waals surface area contributed by atoms with E-state index < -0.39 is 36.1 Å². The van der Waals surface area contributed by atoms with Crippen LogP contribution in [0, 0.1) is 0 Å². The minimum atomic E-state index is -0.886. The highest BCUT2D eigenvalue weighted by atomic mass is 16.5. The molecule has 0 unspecified atom stereocenters. The third kappa shape index (κ3) is 4.43. The van der Waals surface area contributed by atoms with Crippen LogP contribution >= 0.6 is 0 Å². The van der Waals surface area contributed by atoms with Gasteiger partial charge in [0.1, 0.15) is 52.8 Å². The summed E-state index contributed by atoms with van der Waals surface area (Å²) in [5.41, 5.74) is 5.00. The number of aromatic hydroxyl groups is 9. The van der Waals surface area contributed by atoms with Crippen molar-refractivity contribution in [3.05, 3.63) is 141 Å². The first kappa shape index (κ1) is 31.6. The lowest BCUT2D eigenvalue weighted by molar-refractivity contribution is 0.219. The van der Waals surface area contributed by atoms with E-state index in [1.807, 2.05) is 0 Å². The van der Waals surface area contributed by atoms with E-state index in [-0.39, 0.29) is 51.7 Å². The molecule has 0 saturated heterocycles. The molecule has 12 nitrogen and oxygen atoms in total. The maximum atomic E-state index is 11.3. The Morgan fingerprint density at radius 1 is 0.315 bits per heavy atom. The van der Waals surface area contributed by atoms with Crippen molar-refractivity contribution in [1.82, 2.24) is 0 Å². The Hall–Kier alpha value is -7.08. The van der Waals surface area contributed by atoms with Gasteiger partial charge in [0.05, 0.1) is 17.8 Å². The van der Waals surface area contributed by atoms with Gasteiger partial charge in [-0.15, -0.1) is 0 Å². The molecule has 0 saturated carbocycles. The minimum Gasteiger partial charge on any atom is -0.508 e. The molecule has 12 heteroatoms. The molecule has 10 rings (SSSR count). The van der Waals surface area contributed by atoms with Crippen molar-refractivity contribution in [2.75, 3.05) is 0 Å². The molecule has 3 heterocycles. The lowest BCUT2D eigenvalue weighted by Crippen LogP contribution is -2.16. The van der Waals surface area contributed by atoms with Crippen LogP contribution in [0.5, 0.6) is 69.0 Å². The quantitative estimate of drug-likeness (QED) is 0.0833. The van der Waals surface area contributed by atoms with E-state index in [0.29, 0.717) is 67.3 Å². The molecule has 0 bridgehead atoms. The Morgan fingerprint density at radius 3 is 0.852 bits per heavy atom. The van der Waals surface area contributed by atoms with Gasteiger partial charge >= 0.3 is 0 Å². The summed E-state index contributed by atoms with van der Waals surface area (Å²) in [4.78, 5) is 0. The van der Waals surface area contributed by atoms with Gasteiger partial charge in [0.2, 0.25) is 0 Å². The monoisotopic (exact) mass is 726 g/mol. The van der Waals surface area contributed by atoms with E-state index >= 15 is 0 Å². The van der Waals surface area contributed by atoms with Crippen molar-refractivity contribution >= 4 is 0 Å². The zero-order chi connectivity index (χ0) is 37.3. The van der Waals surface area contributed by atoms with Crippen LogP contribution in [-0.2, 0) is 0 Å². The van der Waals surface area contributed by atoms with Crippen molar-refractivity contribution in [2.24, 2.45) is 0 Å². The average molecular weight is 727 g/mol. The SMILES string of the molecule is Oc1cc2c3c(c1)[C@H]1c4c(cc(O)cc4[C@@H]4c5c(cc(O)cc5[C@H]3[C@H](c3ccc(O)c(O)c3)O2)O[C@H]4c2ccc(O)c(O)c2)O[C@@H]1c1ccc(O)c(O)c1. The second kappa shape index (κ2) is 11.0. The lowest BCUT2D eigenvalue weighted by Gasteiger charge is -2.26. The molecule has 3 aliphatic heterocycles. The highest BCUT2D eigenvalue weighted by Gasteiger charge is 2.52. The first-order chi connectivity index (χ1) is 25.9. The number of hydrogen-bond donors (Lipinski definition) is 9. The molecule has 0 aromatic heterocycles. The predicted molar refractivity (Wildman–Crippen MR) is 189 cm³/mol. The van der Waals surface area contributed by atoms with Gasteiger partial charge in [-0.2, -0.15) is 0 Å². The van der Waals surface area contributed by atoms with Gasteiger partial charge in [-0.05, 0) is 88.0 Å². The average Bonchev–Trinajstić information content (AvgIpc) is 3.83. The van der Waals surface area contributed by atoms with Crippen LogP contribution in [-0.4, -0.2) is 46.0 Å². The van der Waals surface area contributed by atoms with Gasteiger partial charge in [-0.3, -0.25) is 0 Å². The lowest BCUT2D eigenvalue weighted by atomic mass is 9.76. The number of phenolic OH excluding ortho intramolecular Hbond substituents is 9. The molecule has 0 fully saturated rings. The number of hydrogen-bond acceptors (Lipinski definition) is 12. The molecule has 4 aliphatic rings. The molecule has 0 amide bonds. The van der Waals surface area contributed by atoms with E-state index in [9.17, 15) is 46.0 Å². The summed E-state index contributed by atoms with van der Waals surface area (Å²) >= 11 is 0. The fourth-order valence-corrected chi connectivity index (χ4v) is 8.92. The summed E-state index contributed by atoms with van der Waals surface area (Å²) in [6.45, 7) is 0. The van der Waals surface area contributed by atoms with Crippen molar-refractivity contribution in [3.8, 4) is 69.0 Å². The fraction of sp³-hybridized carbons (Fsp3) is 0.143. The Labute approximate surface area is 305 Å². The molecule has 0 spiro atoms. The molecular formula is C42H30O12. The second-order valence-corrected chi connectivity index (χ2v) is 14.1. The van der Waals surface area contributed by atoms with Crippen molar-refractivity contribution in [2.45, 2.75) is 36.1 Å². The molecular weight excluding hydrogens is 696 g/mol. The van der Waals surface area contributed by atoms with Crippen LogP contribution in [0.25, 0.3) is 0 Å². The summed E-state index contributed by atoms with van der Waals surface area (Å²) < 4.78 is 20.0. The van der Waals surface area contributed by atoms with Gasteiger partial charge in [0.25, 0.3) is 0 Å². The Morgan fingerprint density at radius 2 is 0.593 bits per heavy atom. The van der Waals surface area contributed by atoms with Crippen molar-refractivity contribution < 1.29 is 60.2 Å². The van der Waals surface area contributed by atoms with E-state index in [1.165, 1.54) is 54.6 Å². The molecule has 6 aromatic rings. The number of fused-ring (bicyclic) bond motifs is 3. The molecule has 54 heavy (non-hydrogen) atoms. The summed E-state index contributed by atoms with van der Waals surface area (Å²) in [5.74, 6) is -3.84. The number of benzene rings is 6. The van der Waals surface area contributed by atoms with Gasteiger partial charge in [0.15, 0.2) is 34.5 Å². The number of rotatable bonds is 3. The first-order valence-electron chi connectivity index (χ1n) is 17.1. The van der Waals surface area contributed by atoms with E-state index in [4.69, 9.17) is 14.2 Å².